The maximum Gasteiger partial charge on any atom is 0.203 e. The molecule has 132 valence electrons. The van der Waals surface area contributed by atoms with Gasteiger partial charge in [0.05, 0.1) is 27.8 Å². The average Bonchev–Trinajstić information content (AvgIpc) is 2.60. The number of hydrogen-bond acceptors (Lipinski definition) is 7. The molecule has 7 nitrogen and oxygen atoms in total. The summed E-state index contributed by atoms with van der Waals surface area (Å²) in [5.74, 6) is -0.00667. The van der Waals surface area contributed by atoms with Crippen molar-refractivity contribution in [1.82, 2.24) is 0 Å². The van der Waals surface area contributed by atoms with Gasteiger partial charge in [0.1, 0.15) is 17.4 Å². The number of carbonyl (C=O) groups is 1. The van der Waals surface area contributed by atoms with E-state index in [-0.39, 0.29) is 35.0 Å². The first-order valence-corrected chi connectivity index (χ1v) is 7.54. The molecule has 3 rings (SSSR count). The van der Waals surface area contributed by atoms with E-state index in [1.807, 2.05) is 0 Å². The van der Waals surface area contributed by atoms with Crippen LogP contribution in [0.5, 0.6) is 34.5 Å². The summed E-state index contributed by atoms with van der Waals surface area (Å²) in [6.07, 6.45) is -0.545. The molecule has 1 atom stereocenters. The summed E-state index contributed by atoms with van der Waals surface area (Å²) < 4.78 is 21.2. The fourth-order valence-corrected chi connectivity index (χ4v) is 2.88. The highest BCUT2D eigenvalue weighted by Crippen LogP contribution is 2.48. The van der Waals surface area contributed by atoms with E-state index in [0.717, 1.165) is 0 Å². The van der Waals surface area contributed by atoms with Crippen LogP contribution in [0.2, 0.25) is 0 Å². The van der Waals surface area contributed by atoms with Gasteiger partial charge in [0.15, 0.2) is 28.8 Å². The van der Waals surface area contributed by atoms with Crippen molar-refractivity contribution in [2.24, 2.45) is 0 Å². The van der Waals surface area contributed by atoms with Crippen LogP contribution in [0.1, 0.15) is 28.4 Å². The standard InChI is InChI=1S/C18H18O7/c1-22-12-5-4-9(6-14(12)23-2)13-7-10(19)16-15(25-13)8-11(20)18(24-3)17(16)21/h4-6,8,13,20-21H,7H2,1-3H3. The van der Waals surface area contributed by atoms with E-state index >= 15 is 0 Å². The van der Waals surface area contributed by atoms with Gasteiger partial charge in [-0.1, -0.05) is 6.07 Å². The van der Waals surface area contributed by atoms with E-state index in [9.17, 15) is 15.0 Å². The number of phenols is 2. The lowest BCUT2D eigenvalue weighted by molar-refractivity contribution is 0.0843. The third-order valence-electron chi connectivity index (χ3n) is 4.10. The summed E-state index contributed by atoms with van der Waals surface area (Å²) >= 11 is 0. The maximum absolute atomic E-state index is 12.5. The first kappa shape index (κ1) is 16.8. The Bertz CT molecular complexity index is 829. The average molecular weight is 346 g/mol. The minimum Gasteiger partial charge on any atom is -0.504 e. The highest BCUT2D eigenvalue weighted by molar-refractivity contribution is 6.03. The van der Waals surface area contributed by atoms with E-state index in [0.29, 0.717) is 17.1 Å². The minimum atomic E-state index is -0.577. The zero-order valence-corrected chi connectivity index (χ0v) is 14.0. The number of benzene rings is 2. The lowest BCUT2D eigenvalue weighted by atomic mass is 9.95. The number of ether oxygens (including phenoxy) is 4. The molecule has 1 aliphatic rings. The molecule has 1 aliphatic heterocycles. The minimum absolute atomic E-state index is 0.00590. The predicted molar refractivity (Wildman–Crippen MR) is 88.2 cm³/mol. The summed E-state index contributed by atoms with van der Waals surface area (Å²) in [6, 6.07) is 6.48. The molecule has 0 amide bonds. The molecule has 0 radical (unpaired) electrons. The summed E-state index contributed by atoms with van der Waals surface area (Å²) in [6.45, 7) is 0. The van der Waals surface area contributed by atoms with E-state index in [1.54, 1.807) is 18.2 Å². The van der Waals surface area contributed by atoms with Crippen molar-refractivity contribution in [2.45, 2.75) is 12.5 Å². The van der Waals surface area contributed by atoms with Crippen molar-refractivity contribution >= 4 is 5.78 Å². The van der Waals surface area contributed by atoms with Gasteiger partial charge in [-0.25, -0.2) is 0 Å². The van der Waals surface area contributed by atoms with E-state index in [4.69, 9.17) is 18.9 Å². The van der Waals surface area contributed by atoms with E-state index in [1.165, 1.54) is 27.4 Å². The van der Waals surface area contributed by atoms with Crippen LogP contribution < -0.4 is 18.9 Å². The molecule has 0 aliphatic carbocycles. The molecule has 0 bridgehead atoms. The van der Waals surface area contributed by atoms with Crippen LogP contribution in [-0.2, 0) is 0 Å². The van der Waals surface area contributed by atoms with Gasteiger partial charge < -0.3 is 29.2 Å². The number of aromatic hydroxyl groups is 2. The van der Waals surface area contributed by atoms with Gasteiger partial charge in [-0.2, -0.15) is 0 Å². The molecule has 7 heteroatoms. The molecule has 1 unspecified atom stereocenters. The molecular formula is C18H18O7. The Morgan fingerprint density at radius 1 is 1.04 bits per heavy atom. The van der Waals surface area contributed by atoms with Crippen LogP contribution in [0.25, 0.3) is 0 Å². The summed E-state index contributed by atoms with van der Waals surface area (Å²) in [7, 11) is 4.35. The Balaban J connectivity index is 2.01. The lowest BCUT2D eigenvalue weighted by Gasteiger charge is -2.27. The Kier molecular flexibility index (Phi) is 4.31. The SMILES string of the molecule is COc1ccc(C2CC(=O)c3c(cc(O)c(OC)c3O)O2)cc1OC. The van der Waals surface area contributed by atoms with Crippen molar-refractivity contribution in [3.63, 3.8) is 0 Å². The van der Waals surface area contributed by atoms with Crippen molar-refractivity contribution in [3.05, 3.63) is 35.4 Å². The Hall–Kier alpha value is -3.09. The van der Waals surface area contributed by atoms with Crippen molar-refractivity contribution in [2.75, 3.05) is 21.3 Å². The Labute approximate surface area is 144 Å². The first-order chi connectivity index (χ1) is 12.0. The highest BCUT2D eigenvalue weighted by atomic mass is 16.5. The van der Waals surface area contributed by atoms with E-state index in [2.05, 4.69) is 0 Å². The number of methoxy groups -OCH3 is 3. The molecule has 0 saturated carbocycles. The predicted octanol–water partition coefficient (Wildman–Crippen LogP) is 2.83. The van der Waals surface area contributed by atoms with Gasteiger partial charge >= 0.3 is 0 Å². The number of hydrogen-bond donors (Lipinski definition) is 2. The fourth-order valence-electron chi connectivity index (χ4n) is 2.88. The van der Waals surface area contributed by atoms with Crippen LogP contribution in [-0.4, -0.2) is 37.3 Å². The number of fused-ring (bicyclic) bond motifs is 1. The fraction of sp³-hybridized carbons (Fsp3) is 0.278. The lowest BCUT2D eigenvalue weighted by Crippen LogP contribution is -2.20. The number of Topliss-reactive ketones (excluding diaryl/α,β-unsaturated/α-hetero) is 1. The Morgan fingerprint density at radius 3 is 2.40 bits per heavy atom. The van der Waals surface area contributed by atoms with Crippen LogP contribution in [0.3, 0.4) is 0 Å². The molecule has 2 aromatic rings. The Morgan fingerprint density at radius 2 is 1.76 bits per heavy atom. The second-order valence-corrected chi connectivity index (χ2v) is 5.50. The van der Waals surface area contributed by atoms with Crippen LogP contribution in [0.15, 0.2) is 24.3 Å². The number of ketones is 1. The number of carbonyl (C=O) groups excluding carboxylic acids is 1. The summed E-state index contributed by atoms with van der Waals surface area (Å²) in [4.78, 5) is 12.5. The normalized spacial score (nSPS) is 16.0. The van der Waals surface area contributed by atoms with Gasteiger partial charge in [-0.05, 0) is 17.7 Å². The van der Waals surface area contributed by atoms with Crippen LogP contribution in [0, 0.1) is 0 Å². The monoisotopic (exact) mass is 346 g/mol. The second-order valence-electron chi connectivity index (χ2n) is 5.50. The molecule has 0 spiro atoms. The van der Waals surface area contributed by atoms with Crippen molar-refractivity contribution in [1.29, 1.82) is 0 Å². The molecule has 25 heavy (non-hydrogen) atoms. The number of phenolic OH excluding ortho intramolecular Hbond substituents is 2. The van der Waals surface area contributed by atoms with E-state index < -0.39 is 11.9 Å². The zero-order valence-electron chi connectivity index (χ0n) is 14.0. The molecule has 2 aromatic carbocycles. The summed E-state index contributed by atoms with van der Waals surface area (Å²) in [5, 5.41) is 20.1. The highest BCUT2D eigenvalue weighted by Gasteiger charge is 2.33. The molecule has 0 fully saturated rings. The van der Waals surface area contributed by atoms with Gasteiger partial charge in [-0.15, -0.1) is 0 Å². The van der Waals surface area contributed by atoms with Crippen molar-refractivity contribution < 1.29 is 34.0 Å². The van der Waals surface area contributed by atoms with Gasteiger partial charge in [-0.3, -0.25) is 4.79 Å². The quantitative estimate of drug-likeness (QED) is 0.879. The molecule has 2 N–H and O–H groups in total. The third kappa shape index (κ3) is 2.77. The topological polar surface area (TPSA) is 94.5 Å². The van der Waals surface area contributed by atoms with Crippen LogP contribution in [0.4, 0.5) is 0 Å². The van der Waals surface area contributed by atoms with Gasteiger partial charge in [0, 0.05) is 6.07 Å². The molecular weight excluding hydrogens is 328 g/mol. The molecule has 0 saturated heterocycles. The summed E-state index contributed by atoms with van der Waals surface area (Å²) in [5.41, 5.74) is 0.720. The smallest absolute Gasteiger partial charge is 0.203 e. The maximum atomic E-state index is 12.5. The van der Waals surface area contributed by atoms with Gasteiger partial charge in [0.25, 0.3) is 0 Å². The molecule has 0 aromatic heterocycles. The molecule has 1 heterocycles. The largest absolute Gasteiger partial charge is 0.504 e. The third-order valence-corrected chi connectivity index (χ3v) is 4.10. The first-order valence-electron chi connectivity index (χ1n) is 7.54. The van der Waals surface area contributed by atoms with Crippen molar-refractivity contribution in [3.8, 4) is 34.5 Å². The van der Waals surface area contributed by atoms with Crippen LogP contribution >= 0.6 is 0 Å². The second kappa shape index (κ2) is 6.43. The van der Waals surface area contributed by atoms with Gasteiger partial charge in [0.2, 0.25) is 5.75 Å². The zero-order chi connectivity index (χ0) is 18.1. The number of rotatable bonds is 4.